The first kappa shape index (κ1) is 21.4. The Kier molecular flexibility index (Phi) is 6.37. The molecule has 0 bridgehead atoms. The second kappa shape index (κ2) is 9.52. The third-order valence-electron chi connectivity index (χ3n) is 4.79. The number of hydrogen-bond acceptors (Lipinski definition) is 7. The molecule has 164 valence electrons. The van der Waals surface area contributed by atoms with Crippen molar-refractivity contribution < 1.29 is 9.53 Å². The average molecular weight is 432 g/mol. The van der Waals surface area contributed by atoms with Crippen molar-refractivity contribution in [2.45, 2.75) is 26.4 Å². The number of nitrogens with one attached hydrogen (secondary N) is 1. The molecular weight excluding hydrogens is 406 g/mol. The number of aromatic nitrogens is 4. The van der Waals surface area contributed by atoms with Gasteiger partial charge in [-0.25, -0.2) is 9.97 Å². The highest BCUT2D eigenvalue weighted by atomic mass is 16.5. The van der Waals surface area contributed by atoms with Gasteiger partial charge < -0.3 is 15.8 Å². The molecule has 1 aromatic carbocycles. The number of carbonyl (C=O) groups is 1. The molecule has 0 spiro atoms. The van der Waals surface area contributed by atoms with E-state index < -0.39 is 0 Å². The molecule has 32 heavy (non-hydrogen) atoms. The number of anilines is 1. The molecule has 3 aromatic heterocycles. The highest BCUT2D eigenvalue weighted by molar-refractivity contribution is 6.10. The lowest BCUT2D eigenvalue weighted by molar-refractivity contribution is 0.0757. The second-order valence-electron chi connectivity index (χ2n) is 7.51. The Bertz CT molecular complexity index is 1270. The molecule has 0 aliphatic rings. The van der Waals surface area contributed by atoms with Crippen LogP contribution in [0.1, 0.15) is 36.2 Å². The lowest BCUT2D eigenvalue weighted by Gasteiger charge is -2.08. The quantitative estimate of drug-likeness (QED) is 0.327. The highest BCUT2D eigenvalue weighted by Gasteiger charge is 2.23. The number of pyridine rings is 1. The summed E-state index contributed by atoms with van der Waals surface area (Å²) in [7, 11) is 0. The van der Waals surface area contributed by atoms with Crippen molar-refractivity contribution in [2.24, 2.45) is 5.10 Å². The van der Waals surface area contributed by atoms with Crippen molar-refractivity contribution in [3.8, 4) is 0 Å². The molecule has 0 aliphatic carbocycles. The molecular formula is C23H25N7O2. The fraction of sp³-hybridized carbons (Fsp3) is 0.261. The van der Waals surface area contributed by atoms with Crippen molar-refractivity contribution in [3.63, 3.8) is 0 Å². The van der Waals surface area contributed by atoms with Gasteiger partial charge in [-0.3, -0.25) is 9.78 Å². The Morgan fingerprint density at radius 2 is 1.91 bits per heavy atom. The van der Waals surface area contributed by atoms with Gasteiger partial charge in [0.1, 0.15) is 16.9 Å². The van der Waals surface area contributed by atoms with E-state index in [4.69, 9.17) is 10.5 Å². The van der Waals surface area contributed by atoms with Gasteiger partial charge in [0.15, 0.2) is 5.65 Å². The molecule has 4 aromatic rings. The molecule has 0 saturated heterocycles. The lowest BCUT2D eigenvalue weighted by Crippen LogP contribution is -2.26. The summed E-state index contributed by atoms with van der Waals surface area (Å²) in [6.07, 6.45) is 5.83. The maximum absolute atomic E-state index is 13.0. The SMILES string of the molecule is CC(C)OCCCNC(=O)c1c(N)n(/N=C\c2ccncc2)c2nc3ccccc3nc12. The van der Waals surface area contributed by atoms with Crippen molar-refractivity contribution in [2.75, 3.05) is 18.9 Å². The van der Waals surface area contributed by atoms with Gasteiger partial charge in [-0.05, 0) is 50.1 Å². The van der Waals surface area contributed by atoms with Crippen LogP contribution in [0.4, 0.5) is 5.82 Å². The molecule has 0 fully saturated rings. The average Bonchev–Trinajstić information content (AvgIpc) is 3.06. The van der Waals surface area contributed by atoms with E-state index in [0.717, 1.165) is 5.56 Å². The van der Waals surface area contributed by atoms with Crippen LogP contribution in [-0.4, -0.2) is 51.0 Å². The summed E-state index contributed by atoms with van der Waals surface area (Å²) >= 11 is 0. The van der Waals surface area contributed by atoms with E-state index in [1.54, 1.807) is 18.6 Å². The normalized spacial score (nSPS) is 11.7. The predicted octanol–water partition coefficient (Wildman–Crippen LogP) is 2.99. The second-order valence-corrected chi connectivity index (χ2v) is 7.51. The zero-order chi connectivity index (χ0) is 22.5. The Hall–Kier alpha value is -3.85. The molecule has 0 unspecified atom stereocenters. The number of fused-ring (bicyclic) bond motifs is 2. The van der Waals surface area contributed by atoms with Gasteiger partial charge in [-0.1, -0.05) is 12.1 Å². The molecule has 3 N–H and O–H groups in total. The number of rotatable bonds is 8. The first-order valence-electron chi connectivity index (χ1n) is 10.5. The minimum absolute atomic E-state index is 0.154. The summed E-state index contributed by atoms with van der Waals surface area (Å²) in [5.41, 5.74) is 9.67. The Balaban J connectivity index is 1.71. The van der Waals surface area contributed by atoms with Crippen molar-refractivity contribution in [1.82, 2.24) is 24.9 Å². The molecule has 0 aliphatic heterocycles. The maximum Gasteiger partial charge on any atom is 0.257 e. The van der Waals surface area contributed by atoms with Crippen LogP contribution < -0.4 is 11.1 Å². The van der Waals surface area contributed by atoms with Crippen LogP contribution in [0.3, 0.4) is 0 Å². The summed E-state index contributed by atoms with van der Waals surface area (Å²) in [5.74, 6) is -0.143. The van der Waals surface area contributed by atoms with Gasteiger partial charge in [-0.15, -0.1) is 0 Å². The van der Waals surface area contributed by atoms with E-state index in [2.05, 4.69) is 25.4 Å². The summed E-state index contributed by atoms with van der Waals surface area (Å²) < 4.78 is 6.97. The first-order valence-corrected chi connectivity index (χ1v) is 10.5. The third kappa shape index (κ3) is 4.57. The summed E-state index contributed by atoms with van der Waals surface area (Å²) in [6, 6.07) is 11.1. The van der Waals surface area contributed by atoms with Crippen LogP contribution in [0.2, 0.25) is 0 Å². The van der Waals surface area contributed by atoms with E-state index in [1.165, 1.54) is 4.68 Å². The number of nitrogens with two attached hydrogens (primary N) is 1. The fourth-order valence-corrected chi connectivity index (χ4v) is 3.24. The number of nitrogen functional groups attached to an aromatic ring is 1. The van der Waals surface area contributed by atoms with Gasteiger partial charge in [0.05, 0.1) is 23.4 Å². The monoisotopic (exact) mass is 431 g/mol. The number of amides is 1. The standard InChI is InChI=1S/C23H25N7O2/c1-15(2)32-13-5-10-26-23(31)19-20-22(29-18-7-4-3-6-17(18)28-20)30(21(19)24)27-14-16-8-11-25-12-9-16/h3-4,6-9,11-12,14-15H,5,10,13,24H2,1-2H3,(H,26,31)/b27-14-. The van der Waals surface area contributed by atoms with Gasteiger partial charge in [-0.2, -0.15) is 9.78 Å². The summed E-state index contributed by atoms with van der Waals surface area (Å²) in [6.45, 7) is 4.97. The number of hydrogen-bond donors (Lipinski definition) is 2. The zero-order valence-electron chi connectivity index (χ0n) is 18.0. The van der Waals surface area contributed by atoms with Gasteiger partial charge in [0, 0.05) is 25.5 Å². The first-order chi connectivity index (χ1) is 15.5. The maximum atomic E-state index is 13.0. The fourth-order valence-electron chi connectivity index (χ4n) is 3.24. The van der Waals surface area contributed by atoms with Gasteiger partial charge in [0.2, 0.25) is 0 Å². The number of ether oxygens (including phenoxy) is 1. The molecule has 0 saturated carbocycles. The van der Waals surface area contributed by atoms with Gasteiger partial charge in [0.25, 0.3) is 5.91 Å². The topological polar surface area (TPSA) is 120 Å². The summed E-state index contributed by atoms with van der Waals surface area (Å²) in [5, 5.41) is 7.38. The third-order valence-corrected chi connectivity index (χ3v) is 4.79. The minimum atomic E-state index is -0.320. The number of nitrogens with zero attached hydrogens (tertiary/aromatic N) is 5. The molecule has 9 nitrogen and oxygen atoms in total. The Morgan fingerprint density at radius 3 is 2.62 bits per heavy atom. The van der Waals surface area contributed by atoms with Crippen LogP contribution in [0.15, 0.2) is 53.9 Å². The smallest absolute Gasteiger partial charge is 0.257 e. The van der Waals surface area contributed by atoms with E-state index in [9.17, 15) is 4.79 Å². The van der Waals surface area contributed by atoms with Crippen molar-refractivity contribution in [3.05, 3.63) is 59.9 Å². The Labute approximate surface area is 185 Å². The van der Waals surface area contributed by atoms with Crippen LogP contribution in [-0.2, 0) is 4.74 Å². The van der Waals surface area contributed by atoms with E-state index in [0.29, 0.717) is 41.8 Å². The van der Waals surface area contributed by atoms with Crippen molar-refractivity contribution in [1.29, 1.82) is 0 Å². The minimum Gasteiger partial charge on any atom is -0.383 e. The van der Waals surface area contributed by atoms with Gasteiger partial charge >= 0.3 is 0 Å². The van der Waals surface area contributed by atoms with Crippen LogP contribution in [0, 0.1) is 0 Å². The highest BCUT2D eigenvalue weighted by Crippen LogP contribution is 2.27. The molecule has 4 rings (SSSR count). The summed E-state index contributed by atoms with van der Waals surface area (Å²) in [4.78, 5) is 26.4. The molecule has 1 amide bonds. The lowest BCUT2D eigenvalue weighted by atomic mass is 10.2. The largest absolute Gasteiger partial charge is 0.383 e. The van der Waals surface area contributed by atoms with Crippen LogP contribution >= 0.6 is 0 Å². The number of para-hydroxylation sites is 2. The molecule has 3 heterocycles. The van der Waals surface area contributed by atoms with Crippen LogP contribution in [0.25, 0.3) is 22.2 Å². The molecule has 9 heteroatoms. The zero-order valence-corrected chi connectivity index (χ0v) is 18.0. The van der Waals surface area contributed by atoms with E-state index in [1.807, 2.05) is 50.2 Å². The Morgan fingerprint density at radius 1 is 1.19 bits per heavy atom. The van der Waals surface area contributed by atoms with E-state index in [-0.39, 0.29) is 23.4 Å². The number of carbonyl (C=O) groups excluding carboxylic acids is 1. The van der Waals surface area contributed by atoms with Crippen molar-refractivity contribution >= 4 is 40.1 Å². The van der Waals surface area contributed by atoms with Crippen LogP contribution in [0.5, 0.6) is 0 Å². The number of benzene rings is 1. The molecule has 0 radical (unpaired) electrons. The molecule has 0 atom stereocenters. The van der Waals surface area contributed by atoms with E-state index >= 15 is 0 Å². The predicted molar refractivity (Wildman–Crippen MR) is 125 cm³/mol.